The Balaban J connectivity index is 0.000000172. The van der Waals surface area contributed by atoms with Gasteiger partial charge in [0.2, 0.25) is 0 Å². The average molecular weight is 299 g/mol. The molecular formula is C18H21NO3. The van der Waals surface area contributed by atoms with Gasteiger partial charge in [0.1, 0.15) is 0 Å². The van der Waals surface area contributed by atoms with Crippen molar-refractivity contribution in [3.05, 3.63) is 71.8 Å². The molecule has 0 amide bonds. The normalized spacial score (nSPS) is 16.6. The first-order valence-corrected chi connectivity index (χ1v) is 7.40. The lowest BCUT2D eigenvalue weighted by atomic mass is 10.2. The minimum atomic E-state index is -0.879. The summed E-state index contributed by atoms with van der Waals surface area (Å²) in [5.41, 5.74) is 1.59. The third kappa shape index (κ3) is 5.68. The fourth-order valence-corrected chi connectivity index (χ4v) is 2.14. The smallest absolute Gasteiger partial charge is 0.335 e. The molecule has 1 aliphatic heterocycles. The van der Waals surface area contributed by atoms with Crippen LogP contribution in [-0.2, 0) is 11.3 Å². The van der Waals surface area contributed by atoms with E-state index in [0.717, 1.165) is 26.1 Å². The highest BCUT2D eigenvalue weighted by molar-refractivity contribution is 5.87. The predicted octanol–water partition coefficient (Wildman–Crippen LogP) is 2.95. The third-order valence-electron chi connectivity index (χ3n) is 3.36. The molecule has 1 aliphatic rings. The number of carboxylic acid groups (broad SMARTS) is 1. The summed E-state index contributed by atoms with van der Waals surface area (Å²) in [6.07, 6.45) is 1.56. The number of ether oxygens (including phenoxy) is 1. The second-order valence-electron chi connectivity index (χ2n) is 5.08. The zero-order valence-electron chi connectivity index (χ0n) is 12.4. The Bertz CT molecular complexity index is 551. The van der Waals surface area contributed by atoms with Crippen molar-refractivity contribution in [2.75, 3.05) is 13.1 Å². The van der Waals surface area contributed by atoms with Gasteiger partial charge in [0.15, 0.2) is 0 Å². The van der Waals surface area contributed by atoms with Crippen LogP contribution in [0.4, 0.5) is 0 Å². The van der Waals surface area contributed by atoms with Crippen LogP contribution >= 0.6 is 0 Å². The molecule has 1 fully saturated rings. The molecule has 1 atom stereocenters. The molecule has 0 unspecified atom stereocenters. The van der Waals surface area contributed by atoms with Gasteiger partial charge in [-0.2, -0.15) is 0 Å². The van der Waals surface area contributed by atoms with Crippen LogP contribution in [0.1, 0.15) is 22.3 Å². The van der Waals surface area contributed by atoms with Crippen molar-refractivity contribution in [2.24, 2.45) is 0 Å². The number of hydrogen-bond acceptors (Lipinski definition) is 3. The van der Waals surface area contributed by atoms with Crippen LogP contribution in [0.3, 0.4) is 0 Å². The number of carboxylic acids is 1. The van der Waals surface area contributed by atoms with E-state index >= 15 is 0 Å². The van der Waals surface area contributed by atoms with Crippen LogP contribution in [-0.4, -0.2) is 30.3 Å². The Kier molecular flexibility index (Phi) is 6.61. The maximum atomic E-state index is 10.2. The standard InChI is InChI=1S/C11H15NO.C7H6O2/c1-2-4-10(5-3-1)9-13-11-6-7-12-8-11;8-7(9)6-4-2-1-3-5-6/h1-5,11-12H,6-9H2;1-5H,(H,8,9)/t11-;/m1./s1. The summed E-state index contributed by atoms with van der Waals surface area (Å²) in [5.74, 6) is -0.879. The number of rotatable bonds is 4. The highest BCUT2D eigenvalue weighted by Gasteiger charge is 2.14. The molecule has 0 spiro atoms. The summed E-state index contributed by atoms with van der Waals surface area (Å²) < 4.78 is 5.73. The van der Waals surface area contributed by atoms with Crippen LogP contribution in [0.2, 0.25) is 0 Å². The molecule has 4 nitrogen and oxygen atoms in total. The highest BCUT2D eigenvalue weighted by atomic mass is 16.5. The fraction of sp³-hybridized carbons (Fsp3) is 0.278. The van der Waals surface area contributed by atoms with Crippen LogP contribution in [0.15, 0.2) is 60.7 Å². The molecule has 116 valence electrons. The number of aromatic carboxylic acids is 1. The first kappa shape index (κ1) is 16.2. The molecule has 4 heteroatoms. The molecule has 0 aliphatic carbocycles. The van der Waals surface area contributed by atoms with E-state index in [1.807, 2.05) is 18.2 Å². The number of carbonyl (C=O) groups is 1. The van der Waals surface area contributed by atoms with E-state index in [1.165, 1.54) is 5.56 Å². The molecule has 1 saturated heterocycles. The van der Waals surface area contributed by atoms with Crippen LogP contribution in [0.25, 0.3) is 0 Å². The van der Waals surface area contributed by atoms with E-state index in [4.69, 9.17) is 9.84 Å². The van der Waals surface area contributed by atoms with Crippen molar-refractivity contribution < 1.29 is 14.6 Å². The Hall–Kier alpha value is -2.17. The van der Waals surface area contributed by atoms with Crippen LogP contribution < -0.4 is 5.32 Å². The minimum Gasteiger partial charge on any atom is -0.478 e. The summed E-state index contributed by atoms with van der Waals surface area (Å²) in [4.78, 5) is 10.2. The van der Waals surface area contributed by atoms with E-state index in [0.29, 0.717) is 11.7 Å². The van der Waals surface area contributed by atoms with Gasteiger partial charge in [-0.15, -0.1) is 0 Å². The fourth-order valence-electron chi connectivity index (χ4n) is 2.14. The zero-order valence-corrected chi connectivity index (χ0v) is 12.4. The van der Waals surface area contributed by atoms with Gasteiger partial charge in [0.25, 0.3) is 0 Å². The summed E-state index contributed by atoms with van der Waals surface area (Å²) in [6.45, 7) is 2.85. The molecule has 0 saturated carbocycles. The van der Waals surface area contributed by atoms with Gasteiger partial charge in [-0.05, 0) is 30.7 Å². The van der Waals surface area contributed by atoms with E-state index in [-0.39, 0.29) is 0 Å². The van der Waals surface area contributed by atoms with Crippen molar-refractivity contribution in [3.8, 4) is 0 Å². The molecule has 0 bridgehead atoms. The molecule has 1 heterocycles. The van der Waals surface area contributed by atoms with E-state index in [1.54, 1.807) is 30.3 Å². The lowest BCUT2D eigenvalue weighted by molar-refractivity contribution is 0.0542. The quantitative estimate of drug-likeness (QED) is 0.911. The molecule has 0 radical (unpaired) electrons. The predicted molar refractivity (Wildman–Crippen MR) is 85.9 cm³/mol. The Morgan fingerprint density at radius 3 is 2.23 bits per heavy atom. The lowest BCUT2D eigenvalue weighted by Crippen LogP contribution is -2.16. The Labute approximate surface area is 130 Å². The van der Waals surface area contributed by atoms with Gasteiger partial charge >= 0.3 is 5.97 Å². The van der Waals surface area contributed by atoms with Crippen molar-refractivity contribution in [1.82, 2.24) is 5.32 Å². The molecule has 2 N–H and O–H groups in total. The highest BCUT2D eigenvalue weighted by Crippen LogP contribution is 2.07. The summed E-state index contributed by atoms with van der Waals surface area (Å²) in [6, 6.07) is 18.6. The number of hydrogen-bond donors (Lipinski definition) is 2. The second-order valence-corrected chi connectivity index (χ2v) is 5.08. The summed E-state index contributed by atoms with van der Waals surface area (Å²) in [5, 5.41) is 11.7. The first-order valence-electron chi connectivity index (χ1n) is 7.40. The monoisotopic (exact) mass is 299 g/mol. The average Bonchev–Trinajstić information content (AvgIpc) is 3.09. The maximum absolute atomic E-state index is 10.2. The van der Waals surface area contributed by atoms with Crippen molar-refractivity contribution >= 4 is 5.97 Å². The maximum Gasteiger partial charge on any atom is 0.335 e. The van der Waals surface area contributed by atoms with E-state index in [2.05, 4.69) is 17.4 Å². The van der Waals surface area contributed by atoms with Gasteiger partial charge < -0.3 is 15.2 Å². The molecule has 2 aromatic carbocycles. The summed E-state index contributed by atoms with van der Waals surface area (Å²) >= 11 is 0. The minimum absolute atomic E-state index is 0.331. The van der Waals surface area contributed by atoms with Gasteiger partial charge in [-0.3, -0.25) is 0 Å². The second kappa shape index (κ2) is 8.97. The molecule has 22 heavy (non-hydrogen) atoms. The molecular weight excluding hydrogens is 278 g/mol. The first-order chi connectivity index (χ1) is 10.8. The largest absolute Gasteiger partial charge is 0.478 e. The van der Waals surface area contributed by atoms with Gasteiger partial charge in [0.05, 0.1) is 18.3 Å². The molecule has 0 aromatic heterocycles. The number of benzene rings is 2. The Morgan fingerprint density at radius 2 is 1.73 bits per heavy atom. The SMILES string of the molecule is O=C(O)c1ccccc1.c1ccc(CO[C@@H]2CCNC2)cc1. The van der Waals surface area contributed by atoms with E-state index in [9.17, 15) is 4.79 Å². The number of nitrogens with one attached hydrogen (secondary N) is 1. The van der Waals surface area contributed by atoms with Gasteiger partial charge in [-0.1, -0.05) is 48.5 Å². The van der Waals surface area contributed by atoms with Crippen molar-refractivity contribution in [1.29, 1.82) is 0 Å². The topological polar surface area (TPSA) is 58.6 Å². The van der Waals surface area contributed by atoms with Crippen LogP contribution in [0, 0.1) is 0 Å². The third-order valence-corrected chi connectivity index (χ3v) is 3.36. The zero-order chi connectivity index (χ0) is 15.6. The van der Waals surface area contributed by atoms with Gasteiger partial charge in [-0.25, -0.2) is 4.79 Å². The Morgan fingerprint density at radius 1 is 1.09 bits per heavy atom. The summed E-state index contributed by atoms with van der Waals surface area (Å²) in [7, 11) is 0. The van der Waals surface area contributed by atoms with E-state index < -0.39 is 5.97 Å². The van der Waals surface area contributed by atoms with Crippen molar-refractivity contribution in [2.45, 2.75) is 19.1 Å². The lowest BCUT2D eigenvalue weighted by Gasteiger charge is -2.09. The molecule has 2 aromatic rings. The van der Waals surface area contributed by atoms with Crippen molar-refractivity contribution in [3.63, 3.8) is 0 Å². The van der Waals surface area contributed by atoms with Gasteiger partial charge in [0, 0.05) is 6.54 Å². The van der Waals surface area contributed by atoms with Crippen LogP contribution in [0.5, 0.6) is 0 Å². The molecule has 3 rings (SSSR count).